The minimum atomic E-state index is -2.30. The number of rotatable bonds is 9. The third-order valence-electron chi connectivity index (χ3n) is 3.96. The Kier molecular flexibility index (Phi) is 7.83. The summed E-state index contributed by atoms with van der Waals surface area (Å²) >= 11 is 0. The SMILES string of the molecule is CCCNC(c1ccc(CC)cc1)C(C)N(C)CC(F)F. The van der Waals surface area contributed by atoms with Gasteiger partial charge in [-0.15, -0.1) is 0 Å². The van der Waals surface area contributed by atoms with Gasteiger partial charge < -0.3 is 5.32 Å². The van der Waals surface area contributed by atoms with E-state index in [0.29, 0.717) is 0 Å². The Labute approximate surface area is 127 Å². The predicted octanol–water partition coefficient (Wildman–Crippen LogP) is 3.88. The van der Waals surface area contributed by atoms with Crippen molar-refractivity contribution in [3.05, 3.63) is 35.4 Å². The lowest BCUT2D eigenvalue weighted by molar-refractivity contribution is 0.0747. The van der Waals surface area contributed by atoms with Crippen LogP contribution < -0.4 is 5.32 Å². The molecule has 1 N–H and O–H groups in total. The second-order valence-electron chi connectivity index (χ2n) is 5.60. The Balaban J connectivity index is 2.86. The standard InChI is InChI=1S/C17H28F2N2/c1-5-11-20-17(13(3)21(4)12-16(18)19)15-9-7-14(6-2)8-10-15/h7-10,13,16-17,20H,5-6,11-12H2,1-4H3. The summed E-state index contributed by atoms with van der Waals surface area (Å²) in [5.74, 6) is 0. The second-order valence-corrected chi connectivity index (χ2v) is 5.60. The van der Waals surface area contributed by atoms with Gasteiger partial charge in [0.2, 0.25) is 0 Å². The molecule has 1 aromatic rings. The molecule has 0 radical (unpaired) electrons. The minimum Gasteiger partial charge on any atom is -0.309 e. The molecular weight excluding hydrogens is 270 g/mol. The fourth-order valence-corrected chi connectivity index (χ4v) is 2.47. The molecule has 0 spiro atoms. The van der Waals surface area contributed by atoms with Gasteiger partial charge in [0.15, 0.2) is 0 Å². The fraction of sp³-hybridized carbons (Fsp3) is 0.647. The molecule has 2 unspecified atom stereocenters. The number of nitrogens with one attached hydrogen (secondary N) is 1. The first-order chi connectivity index (χ1) is 9.99. The monoisotopic (exact) mass is 298 g/mol. The second kappa shape index (κ2) is 9.11. The summed E-state index contributed by atoms with van der Waals surface area (Å²) < 4.78 is 25.2. The zero-order valence-electron chi connectivity index (χ0n) is 13.6. The lowest BCUT2D eigenvalue weighted by Gasteiger charge is -2.33. The number of aryl methyl sites for hydroxylation is 1. The molecule has 0 fully saturated rings. The van der Waals surface area contributed by atoms with Crippen molar-refractivity contribution in [1.82, 2.24) is 10.2 Å². The smallest absolute Gasteiger partial charge is 0.251 e. The lowest BCUT2D eigenvalue weighted by atomic mass is 9.97. The molecule has 0 amide bonds. The highest BCUT2D eigenvalue weighted by molar-refractivity contribution is 5.26. The molecule has 21 heavy (non-hydrogen) atoms. The van der Waals surface area contributed by atoms with Gasteiger partial charge in [-0.25, -0.2) is 8.78 Å². The summed E-state index contributed by atoms with van der Waals surface area (Å²) in [6, 6.07) is 8.54. The predicted molar refractivity (Wildman–Crippen MR) is 85.0 cm³/mol. The van der Waals surface area contributed by atoms with Crippen LogP contribution in [-0.4, -0.2) is 37.5 Å². The largest absolute Gasteiger partial charge is 0.309 e. The van der Waals surface area contributed by atoms with E-state index < -0.39 is 6.43 Å². The van der Waals surface area contributed by atoms with Crippen molar-refractivity contribution in [2.24, 2.45) is 0 Å². The van der Waals surface area contributed by atoms with Crippen LogP contribution in [0, 0.1) is 0 Å². The number of alkyl halides is 2. The van der Waals surface area contributed by atoms with E-state index >= 15 is 0 Å². The zero-order chi connectivity index (χ0) is 15.8. The number of benzene rings is 1. The Morgan fingerprint density at radius 3 is 2.24 bits per heavy atom. The Morgan fingerprint density at radius 2 is 1.76 bits per heavy atom. The summed E-state index contributed by atoms with van der Waals surface area (Å²) in [6.07, 6.45) is -0.269. The molecule has 0 aliphatic rings. The molecule has 0 heterocycles. The number of hydrogen-bond acceptors (Lipinski definition) is 2. The van der Waals surface area contributed by atoms with Gasteiger partial charge in [0, 0.05) is 12.1 Å². The maximum absolute atomic E-state index is 12.6. The molecule has 0 aliphatic heterocycles. The van der Waals surface area contributed by atoms with Gasteiger partial charge in [-0.05, 0) is 44.5 Å². The van der Waals surface area contributed by atoms with E-state index in [-0.39, 0.29) is 18.6 Å². The van der Waals surface area contributed by atoms with Crippen molar-refractivity contribution < 1.29 is 8.78 Å². The molecular formula is C17H28F2N2. The van der Waals surface area contributed by atoms with E-state index in [0.717, 1.165) is 24.9 Å². The molecule has 2 atom stereocenters. The van der Waals surface area contributed by atoms with Gasteiger partial charge in [0.05, 0.1) is 6.54 Å². The van der Waals surface area contributed by atoms with E-state index in [9.17, 15) is 8.78 Å². The Bertz CT molecular complexity index is 392. The molecule has 0 saturated carbocycles. The molecule has 4 heteroatoms. The molecule has 0 saturated heterocycles. The van der Waals surface area contributed by atoms with Crippen LogP contribution in [0.4, 0.5) is 8.78 Å². The van der Waals surface area contributed by atoms with Crippen LogP contribution in [0.15, 0.2) is 24.3 Å². The van der Waals surface area contributed by atoms with Crippen LogP contribution in [0.5, 0.6) is 0 Å². The van der Waals surface area contributed by atoms with Crippen molar-refractivity contribution in [2.45, 2.75) is 52.1 Å². The topological polar surface area (TPSA) is 15.3 Å². The van der Waals surface area contributed by atoms with E-state index in [1.807, 2.05) is 6.92 Å². The third-order valence-corrected chi connectivity index (χ3v) is 3.96. The summed E-state index contributed by atoms with van der Waals surface area (Å²) in [7, 11) is 1.76. The number of halogens is 2. The van der Waals surface area contributed by atoms with E-state index in [2.05, 4.69) is 43.4 Å². The van der Waals surface area contributed by atoms with Crippen molar-refractivity contribution in [1.29, 1.82) is 0 Å². The zero-order valence-corrected chi connectivity index (χ0v) is 13.6. The molecule has 1 aromatic carbocycles. The maximum atomic E-state index is 12.6. The first kappa shape index (κ1) is 18.1. The number of nitrogens with zero attached hydrogens (tertiary/aromatic N) is 1. The van der Waals surface area contributed by atoms with Crippen LogP contribution in [0.3, 0.4) is 0 Å². The number of hydrogen-bond donors (Lipinski definition) is 1. The van der Waals surface area contributed by atoms with Gasteiger partial charge in [-0.1, -0.05) is 38.1 Å². The Hall–Kier alpha value is -1.00. The first-order valence-electron chi connectivity index (χ1n) is 7.80. The van der Waals surface area contributed by atoms with Gasteiger partial charge in [-0.3, -0.25) is 4.90 Å². The van der Waals surface area contributed by atoms with Crippen LogP contribution in [0.25, 0.3) is 0 Å². The quantitative estimate of drug-likeness (QED) is 0.744. The first-order valence-corrected chi connectivity index (χ1v) is 7.80. The lowest BCUT2D eigenvalue weighted by Crippen LogP contribution is -2.43. The number of likely N-dealkylation sites (N-methyl/N-ethyl adjacent to an activating group) is 1. The van der Waals surface area contributed by atoms with Gasteiger partial charge in [0.1, 0.15) is 0 Å². The van der Waals surface area contributed by atoms with E-state index in [4.69, 9.17) is 0 Å². The molecule has 0 aromatic heterocycles. The van der Waals surface area contributed by atoms with Crippen molar-refractivity contribution >= 4 is 0 Å². The average Bonchev–Trinajstić information content (AvgIpc) is 2.47. The maximum Gasteiger partial charge on any atom is 0.251 e. The highest BCUT2D eigenvalue weighted by Crippen LogP contribution is 2.22. The van der Waals surface area contributed by atoms with Crippen LogP contribution in [0.1, 0.15) is 44.4 Å². The van der Waals surface area contributed by atoms with Gasteiger partial charge in [-0.2, -0.15) is 0 Å². The molecule has 0 aliphatic carbocycles. The van der Waals surface area contributed by atoms with Crippen molar-refractivity contribution in [3.63, 3.8) is 0 Å². The summed E-state index contributed by atoms with van der Waals surface area (Å²) in [6.45, 7) is 6.92. The summed E-state index contributed by atoms with van der Waals surface area (Å²) in [5, 5.41) is 3.49. The van der Waals surface area contributed by atoms with E-state index in [1.165, 1.54) is 5.56 Å². The normalized spacial score (nSPS) is 14.7. The molecule has 1 rings (SSSR count). The highest BCUT2D eigenvalue weighted by Gasteiger charge is 2.24. The van der Waals surface area contributed by atoms with Gasteiger partial charge >= 0.3 is 0 Å². The van der Waals surface area contributed by atoms with Crippen molar-refractivity contribution in [3.8, 4) is 0 Å². The summed E-state index contributed by atoms with van der Waals surface area (Å²) in [4.78, 5) is 1.73. The van der Waals surface area contributed by atoms with Crippen LogP contribution >= 0.6 is 0 Å². The van der Waals surface area contributed by atoms with Gasteiger partial charge in [0.25, 0.3) is 6.43 Å². The van der Waals surface area contributed by atoms with Crippen LogP contribution in [0.2, 0.25) is 0 Å². The average molecular weight is 298 g/mol. The minimum absolute atomic E-state index is 0.0121. The fourth-order valence-electron chi connectivity index (χ4n) is 2.47. The summed E-state index contributed by atoms with van der Waals surface area (Å²) in [5.41, 5.74) is 2.45. The molecule has 0 bridgehead atoms. The molecule has 2 nitrogen and oxygen atoms in total. The highest BCUT2D eigenvalue weighted by atomic mass is 19.3. The Morgan fingerprint density at radius 1 is 1.14 bits per heavy atom. The van der Waals surface area contributed by atoms with Crippen molar-refractivity contribution in [2.75, 3.05) is 20.1 Å². The van der Waals surface area contributed by atoms with E-state index in [1.54, 1.807) is 11.9 Å². The third kappa shape index (κ3) is 5.71. The molecule has 120 valence electrons. The van der Waals surface area contributed by atoms with Crippen LogP contribution in [-0.2, 0) is 6.42 Å².